The van der Waals surface area contributed by atoms with Gasteiger partial charge in [-0.25, -0.2) is 4.98 Å². The normalized spacial score (nSPS) is 13.0. The highest BCUT2D eigenvalue weighted by atomic mass is 16.5. The lowest BCUT2D eigenvalue weighted by atomic mass is 10.2. The van der Waals surface area contributed by atoms with Crippen LogP contribution in [-0.2, 0) is 11.3 Å². The summed E-state index contributed by atoms with van der Waals surface area (Å²) in [7, 11) is 1.66. The molecule has 0 radical (unpaired) electrons. The number of aliphatic hydroxyl groups is 1. The zero-order valence-corrected chi connectivity index (χ0v) is 10.5. The third kappa shape index (κ3) is 3.29. The van der Waals surface area contributed by atoms with E-state index in [4.69, 9.17) is 9.84 Å². The van der Waals surface area contributed by atoms with Crippen LogP contribution in [0.4, 0.5) is 0 Å². The van der Waals surface area contributed by atoms with Crippen LogP contribution in [0.5, 0.6) is 0 Å². The SMILES string of the molecule is COCC(CCO)NCc1cn2ccccc2n1. The number of methoxy groups -OCH3 is 1. The van der Waals surface area contributed by atoms with Crippen LogP contribution in [0.25, 0.3) is 5.65 Å². The first-order chi connectivity index (χ1) is 8.83. The summed E-state index contributed by atoms with van der Waals surface area (Å²) in [5.74, 6) is 0. The molecule has 0 amide bonds. The summed E-state index contributed by atoms with van der Waals surface area (Å²) in [6.45, 7) is 1.43. The first-order valence-corrected chi connectivity index (χ1v) is 6.09. The molecule has 18 heavy (non-hydrogen) atoms. The van der Waals surface area contributed by atoms with Gasteiger partial charge in [-0.3, -0.25) is 0 Å². The number of pyridine rings is 1. The lowest BCUT2D eigenvalue weighted by Crippen LogP contribution is -2.33. The first kappa shape index (κ1) is 13.0. The zero-order valence-electron chi connectivity index (χ0n) is 10.5. The highest BCUT2D eigenvalue weighted by molar-refractivity contribution is 5.39. The van der Waals surface area contributed by atoms with Gasteiger partial charge in [0.15, 0.2) is 0 Å². The molecule has 5 nitrogen and oxygen atoms in total. The first-order valence-electron chi connectivity index (χ1n) is 6.09. The monoisotopic (exact) mass is 249 g/mol. The summed E-state index contributed by atoms with van der Waals surface area (Å²) >= 11 is 0. The summed E-state index contributed by atoms with van der Waals surface area (Å²) in [5, 5.41) is 12.3. The molecule has 2 N–H and O–H groups in total. The minimum Gasteiger partial charge on any atom is -0.396 e. The predicted octanol–water partition coefficient (Wildman–Crippen LogP) is 0.821. The van der Waals surface area contributed by atoms with Gasteiger partial charge in [-0.15, -0.1) is 0 Å². The number of fused-ring (bicyclic) bond motifs is 1. The Morgan fingerprint density at radius 3 is 3.11 bits per heavy atom. The number of nitrogens with zero attached hydrogens (tertiary/aromatic N) is 2. The largest absolute Gasteiger partial charge is 0.396 e. The number of nitrogens with one attached hydrogen (secondary N) is 1. The maximum absolute atomic E-state index is 8.96. The maximum Gasteiger partial charge on any atom is 0.137 e. The van der Waals surface area contributed by atoms with Crippen molar-refractivity contribution in [2.75, 3.05) is 20.3 Å². The van der Waals surface area contributed by atoms with Crippen LogP contribution in [0, 0.1) is 0 Å². The quantitative estimate of drug-likeness (QED) is 0.763. The molecule has 0 aliphatic rings. The number of aromatic nitrogens is 2. The molecule has 2 aromatic rings. The molecule has 0 saturated carbocycles. The van der Waals surface area contributed by atoms with Crippen LogP contribution in [0.15, 0.2) is 30.6 Å². The molecule has 0 fully saturated rings. The minimum atomic E-state index is 0.157. The fraction of sp³-hybridized carbons (Fsp3) is 0.462. The van der Waals surface area contributed by atoms with Crippen molar-refractivity contribution in [1.82, 2.24) is 14.7 Å². The van der Waals surface area contributed by atoms with Crippen LogP contribution in [0.3, 0.4) is 0 Å². The second-order valence-electron chi connectivity index (χ2n) is 4.24. The number of rotatable bonds is 7. The van der Waals surface area contributed by atoms with Crippen molar-refractivity contribution in [3.05, 3.63) is 36.3 Å². The van der Waals surface area contributed by atoms with Gasteiger partial charge in [-0.2, -0.15) is 0 Å². The van der Waals surface area contributed by atoms with Gasteiger partial charge < -0.3 is 19.6 Å². The number of hydrogen-bond acceptors (Lipinski definition) is 4. The minimum absolute atomic E-state index is 0.157. The van der Waals surface area contributed by atoms with E-state index in [-0.39, 0.29) is 12.6 Å². The van der Waals surface area contributed by atoms with Crippen molar-refractivity contribution in [1.29, 1.82) is 0 Å². The topological polar surface area (TPSA) is 58.8 Å². The molecule has 2 aromatic heterocycles. The Hall–Kier alpha value is -1.43. The third-order valence-electron chi connectivity index (χ3n) is 2.83. The van der Waals surface area contributed by atoms with Crippen molar-refractivity contribution >= 4 is 5.65 Å². The summed E-state index contributed by atoms with van der Waals surface area (Å²) < 4.78 is 7.10. The molecule has 2 heterocycles. The van der Waals surface area contributed by atoms with Gasteiger partial charge in [0.2, 0.25) is 0 Å². The van der Waals surface area contributed by atoms with Gasteiger partial charge in [-0.05, 0) is 18.6 Å². The molecule has 1 unspecified atom stereocenters. The molecule has 0 bridgehead atoms. The van der Waals surface area contributed by atoms with E-state index in [0.717, 1.165) is 11.3 Å². The van der Waals surface area contributed by atoms with Gasteiger partial charge >= 0.3 is 0 Å². The van der Waals surface area contributed by atoms with Crippen LogP contribution < -0.4 is 5.32 Å². The zero-order chi connectivity index (χ0) is 12.8. The molecule has 0 aliphatic carbocycles. The Labute approximate surface area is 106 Å². The van der Waals surface area contributed by atoms with Crippen LogP contribution in [0.1, 0.15) is 12.1 Å². The predicted molar refractivity (Wildman–Crippen MR) is 69.4 cm³/mol. The second-order valence-corrected chi connectivity index (χ2v) is 4.24. The Kier molecular flexibility index (Phi) is 4.69. The van der Waals surface area contributed by atoms with E-state index in [1.165, 1.54) is 0 Å². The molecule has 0 aromatic carbocycles. The number of aliphatic hydroxyl groups excluding tert-OH is 1. The van der Waals surface area contributed by atoms with Crippen molar-refractivity contribution in [2.45, 2.75) is 19.0 Å². The summed E-state index contributed by atoms with van der Waals surface area (Å²) in [6, 6.07) is 6.08. The Morgan fingerprint density at radius 1 is 1.50 bits per heavy atom. The van der Waals surface area contributed by atoms with E-state index in [0.29, 0.717) is 19.6 Å². The average Bonchev–Trinajstić information content (AvgIpc) is 2.79. The van der Waals surface area contributed by atoms with Crippen molar-refractivity contribution < 1.29 is 9.84 Å². The fourth-order valence-electron chi connectivity index (χ4n) is 1.92. The third-order valence-corrected chi connectivity index (χ3v) is 2.83. The standard InChI is InChI=1S/C13H19N3O2/c1-18-10-11(5-7-17)14-8-12-9-16-6-3-2-4-13(16)15-12/h2-4,6,9,11,14,17H,5,7-8,10H2,1H3. The van der Waals surface area contributed by atoms with E-state index in [9.17, 15) is 0 Å². The Bertz CT molecular complexity index is 445. The summed E-state index contributed by atoms with van der Waals surface area (Å²) in [4.78, 5) is 4.50. The van der Waals surface area contributed by atoms with E-state index in [1.54, 1.807) is 7.11 Å². The van der Waals surface area contributed by atoms with Gasteiger partial charge in [0.05, 0.1) is 12.3 Å². The lowest BCUT2D eigenvalue weighted by molar-refractivity contribution is 0.148. The van der Waals surface area contributed by atoms with Crippen molar-refractivity contribution in [2.24, 2.45) is 0 Å². The van der Waals surface area contributed by atoms with Crippen LogP contribution >= 0.6 is 0 Å². The number of ether oxygens (including phenoxy) is 1. The van der Waals surface area contributed by atoms with E-state index in [1.807, 2.05) is 35.0 Å². The number of hydrogen-bond donors (Lipinski definition) is 2. The molecule has 0 saturated heterocycles. The molecule has 98 valence electrons. The van der Waals surface area contributed by atoms with Crippen LogP contribution in [0.2, 0.25) is 0 Å². The van der Waals surface area contributed by atoms with E-state index >= 15 is 0 Å². The van der Waals surface area contributed by atoms with Gasteiger partial charge in [-0.1, -0.05) is 6.07 Å². The molecule has 2 rings (SSSR count). The Balaban J connectivity index is 1.95. The second kappa shape index (κ2) is 6.49. The van der Waals surface area contributed by atoms with Gasteiger partial charge in [0.1, 0.15) is 5.65 Å². The summed E-state index contributed by atoms with van der Waals surface area (Å²) in [6.07, 6.45) is 4.67. The average molecular weight is 249 g/mol. The van der Waals surface area contributed by atoms with Crippen molar-refractivity contribution in [3.8, 4) is 0 Å². The summed E-state index contributed by atoms with van der Waals surface area (Å²) in [5.41, 5.74) is 1.93. The van der Waals surface area contributed by atoms with Crippen molar-refractivity contribution in [3.63, 3.8) is 0 Å². The van der Waals surface area contributed by atoms with E-state index in [2.05, 4.69) is 10.3 Å². The van der Waals surface area contributed by atoms with Gasteiger partial charge in [0.25, 0.3) is 0 Å². The van der Waals surface area contributed by atoms with E-state index < -0.39 is 0 Å². The molecule has 1 atom stereocenters. The lowest BCUT2D eigenvalue weighted by Gasteiger charge is -2.15. The van der Waals surface area contributed by atoms with Crippen LogP contribution in [-0.4, -0.2) is 40.9 Å². The highest BCUT2D eigenvalue weighted by Crippen LogP contribution is 2.04. The van der Waals surface area contributed by atoms with Gasteiger partial charge in [0, 0.05) is 38.7 Å². The maximum atomic E-state index is 8.96. The molecule has 0 aliphatic heterocycles. The highest BCUT2D eigenvalue weighted by Gasteiger charge is 2.08. The molecular weight excluding hydrogens is 230 g/mol. The fourth-order valence-corrected chi connectivity index (χ4v) is 1.92. The molecule has 0 spiro atoms. The number of imidazole rings is 1. The smallest absolute Gasteiger partial charge is 0.137 e. The molecule has 5 heteroatoms. The molecular formula is C13H19N3O2. The Morgan fingerprint density at radius 2 is 2.39 bits per heavy atom.